The van der Waals surface area contributed by atoms with Crippen molar-refractivity contribution in [1.29, 1.82) is 0 Å². The Bertz CT molecular complexity index is 1360. The lowest BCUT2D eigenvalue weighted by atomic mass is 10.1. The number of hydrogen-bond donors (Lipinski definition) is 0. The van der Waals surface area contributed by atoms with Crippen molar-refractivity contribution in [3.8, 4) is 5.69 Å². The second kappa shape index (κ2) is 8.53. The number of nitrogens with zero attached hydrogens (tertiary/aromatic N) is 4. The van der Waals surface area contributed by atoms with Gasteiger partial charge in [-0.05, 0) is 61.2 Å². The molecule has 1 aliphatic carbocycles. The fourth-order valence-electron chi connectivity index (χ4n) is 3.60. The van der Waals surface area contributed by atoms with E-state index in [9.17, 15) is 18.0 Å². The molecular formula is C23H18ClF3N4OS. The van der Waals surface area contributed by atoms with E-state index in [0.29, 0.717) is 45.2 Å². The molecule has 33 heavy (non-hydrogen) atoms. The van der Waals surface area contributed by atoms with Gasteiger partial charge in [-0.2, -0.15) is 13.2 Å². The molecule has 0 N–H and O–H groups in total. The van der Waals surface area contributed by atoms with Gasteiger partial charge in [0.25, 0.3) is 5.56 Å². The molecule has 0 radical (unpaired) electrons. The van der Waals surface area contributed by atoms with Crippen molar-refractivity contribution in [2.24, 2.45) is 0 Å². The summed E-state index contributed by atoms with van der Waals surface area (Å²) < 4.78 is 41.8. The van der Waals surface area contributed by atoms with Crippen molar-refractivity contribution in [1.82, 2.24) is 19.1 Å². The quantitative estimate of drug-likeness (QED) is 0.248. The van der Waals surface area contributed by atoms with Gasteiger partial charge >= 0.3 is 6.18 Å². The minimum absolute atomic E-state index is 0.265. The van der Waals surface area contributed by atoms with Crippen LogP contribution in [0.4, 0.5) is 13.2 Å². The van der Waals surface area contributed by atoms with Gasteiger partial charge in [-0.15, -0.1) is 0 Å². The van der Waals surface area contributed by atoms with Gasteiger partial charge in [0, 0.05) is 16.8 Å². The average Bonchev–Trinajstić information content (AvgIpc) is 3.54. The highest BCUT2D eigenvalue weighted by atomic mass is 35.5. The Kier molecular flexibility index (Phi) is 5.70. The van der Waals surface area contributed by atoms with E-state index in [1.165, 1.54) is 28.5 Å². The van der Waals surface area contributed by atoms with Crippen LogP contribution in [0.15, 0.2) is 64.8 Å². The van der Waals surface area contributed by atoms with Crippen molar-refractivity contribution in [3.05, 3.63) is 81.4 Å². The van der Waals surface area contributed by atoms with Crippen molar-refractivity contribution in [2.75, 3.05) is 5.75 Å². The second-order valence-corrected chi connectivity index (χ2v) is 9.36. The molecule has 0 atom stereocenters. The van der Waals surface area contributed by atoms with Crippen LogP contribution in [0.1, 0.15) is 30.0 Å². The van der Waals surface area contributed by atoms with Gasteiger partial charge in [0.1, 0.15) is 0 Å². The Morgan fingerprint density at radius 1 is 1.06 bits per heavy atom. The molecule has 1 fully saturated rings. The van der Waals surface area contributed by atoms with Crippen LogP contribution in [0.25, 0.3) is 16.9 Å². The van der Waals surface area contributed by atoms with Crippen LogP contribution in [0, 0.1) is 0 Å². The van der Waals surface area contributed by atoms with E-state index in [-0.39, 0.29) is 5.56 Å². The zero-order chi connectivity index (χ0) is 23.2. The van der Waals surface area contributed by atoms with E-state index in [0.717, 1.165) is 30.5 Å². The summed E-state index contributed by atoms with van der Waals surface area (Å²) in [5.41, 5.74) is 1.33. The number of benzene rings is 2. The van der Waals surface area contributed by atoms with Crippen LogP contribution in [0.3, 0.4) is 0 Å². The number of halogens is 4. The van der Waals surface area contributed by atoms with E-state index >= 15 is 0 Å². The molecule has 2 aromatic carbocycles. The molecular weight excluding hydrogens is 473 g/mol. The molecule has 1 aliphatic rings. The fourth-order valence-corrected chi connectivity index (χ4v) is 4.72. The first-order valence-electron chi connectivity index (χ1n) is 10.4. The standard InChI is InChI=1S/C23H18ClF3N4OS/c24-16-5-7-18(8-6-16)31-21(32)19-20(30(13-28-19)17-9-10-17)29-22(31)33-12-11-14-1-3-15(4-2-14)23(25,26)27/h1-8,13,17H,9-12H2. The summed E-state index contributed by atoms with van der Waals surface area (Å²) in [5.74, 6) is 0.536. The maximum Gasteiger partial charge on any atom is 0.416 e. The minimum atomic E-state index is -4.36. The zero-order valence-electron chi connectivity index (χ0n) is 17.2. The molecule has 0 aliphatic heterocycles. The first-order chi connectivity index (χ1) is 15.8. The molecule has 1 saturated carbocycles. The lowest BCUT2D eigenvalue weighted by Crippen LogP contribution is -2.22. The SMILES string of the molecule is O=c1c2ncn(C3CC3)c2nc(SCCc2ccc(C(F)(F)F)cc2)n1-c1ccc(Cl)cc1. The van der Waals surface area contributed by atoms with E-state index in [2.05, 4.69) is 4.98 Å². The second-order valence-electron chi connectivity index (χ2n) is 7.86. The lowest BCUT2D eigenvalue weighted by Gasteiger charge is -2.13. The fraction of sp³-hybridized carbons (Fsp3) is 0.261. The van der Waals surface area contributed by atoms with Crippen molar-refractivity contribution < 1.29 is 13.2 Å². The number of rotatable bonds is 6. The highest BCUT2D eigenvalue weighted by Crippen LogP contribution is 2.36. The number of hydrogen-bond acceptors (Lipinski definition) is 4. The van der Waals surface area contributed by atoms with Gasteiger partial charge in [0.15, 0.2) is 16.3 Å². The van der Waals surface area contributed by atoms with E-state index in [4.69, 9.17) is 16.6 Å². The molecule has 2 aromatic heterocycles. The van der Waals surface area contributed by atoms with E-state index in [1.54, 1.807) is 30.6 Å². The lowest BCUT2D eigenvalue weighted by molar-refractivity contribution is -0.137. The first kappa shape index (κ1) is 22.0. The molecule has 170 valence electrons. The van der Waals surface area contributed by atoms with E-state index < -0.39 is 11.7 Å². The Morgan fingerprint density at radius 2 is 1.76 bits per heavy atom. The number of imidazole rings is 1. The Morgan fingerprint density at radius 3 is 2.39 bits per heavy atom. The Hall–Kier alpha value is -2.78. The molecule has 4 aromatic rings. The number of aromatic nitrogens is 4. The molecule has 0 saturated heterocycles. The number of thioether (sulfide) groups is 1. The third kappa shape index (κ3) is 4.52. The largest absolute Gasteiger partial charge is 0.416 e. The van der Waals surface area contributed by atoms with Crippen LogP contribution < -0.4 is 5.56 Å². The highest BCUT2D eigenvalue weighted by molar-refractivity contribution is 7.99. The number of fused-ring (bicyclic) bond motifs is 1. The summed E-state index contributed by atoms with van der Waals surface area (Å²) >= 11 is 7.39. The molecule has 0 bridgehead atoms. The monoisotopic (exact) mass is 490 g/mol. The molecule has 2 heterocycles. The predicted octanol–water partition coefficient (Wildman–Crippen LogP) is 5.92. The summed E-state index contributed by atoms with van der Waals surface area (Å²) in [6, 6.07) is 12.3. The minimum Gasteiger partial charge on any atom is -0.312 e. The van der Waals surface area contributed by atoms with Crippen molar-refractivity contribution in [3.63, 3.8) is 0 Å². The zero-order valence-corrected chi connectivity index (χ0v) is 18.8. The van der Waals surface area contributed by atoms with Crippen LogP contribution in [0.2, 0.25) is 5.02 Å². The van der Waals surface area contributed by atoms with Crippen LogP contribution in [-0.4, -0.2) is 24.9 Å². The van der Waals surface area contributed by atoms with Gasteiger partial charge in [-0.1, -0.05) is 35.5 Å². The summed E-state index contributed by atoms with van der Waals surface area (Å²) in [5, 5.41) is 1.06. The third-order valence-corrected chi connectivity index (χ3v) is 6.69. The maximum atomic E-state index is 13.3. The van der Waals surface area contributed by atoms with Gasteiger partial charge in [0.2, 0.25) is 0 Å². The molecule has 5 rings (SSSR count). The van der Waals surface area contributed by atoms with Gasteiger partial charge < -0.3 is 4.57 Å². The smallest absolute Gasteiger partial charge is 0.312 e. The van der Waals surface area contributed by atoms with Gasteiger partial charge in [-0.3, -0.25) is 9.36 Å². The molecule has 10 heteroatoms. The van der Waals surface area contributed by atoms with Gasteiger partial charge in [0.05, 0.1) is 17.6 Å². The van der Waals surface area contributed by atoms with Crippen LogP contribution in [-0.2, 0) is 12.6 Å². The summed E-state index contributed by atoms with van der Waals surface area (Å²) in [6.45, 7) is 0. The average molecular weight is 491 g/mol. The maximum absolute atomic E-state index is 13.3. The van der Waals surface area contributed by atoms with Crippen molar-refractivity contribution >= 4 is 34.5 Å². The molecule has 0 amide bonds. The van der Waals surface area contributed by atoms with Crippen LogP contribution >= 0.6 is 23.4 Å². The molecule has 0 unspecified atom stereocenters. The van der Waals surface area contributed by atoms with Crippen LogP contribution in [0.5, 0.6) is 0 Å². The summed E-state index contributed by atoms with van der Waals surface area (Å²) in [7, 11) is 0. The summed E-state index contributed by atoms with van der Waals surface area (Å²) in [4.78, 5) is 22.4. The molecule has 5 nitrogen and oxygen atoms in total. The number of aryl methyl sites for hydroxylation is 1. The predicted molar refractivity (Wildman–Crippen MR) is 122 cm³/mol. The first-order valence-corrected chi connectivity index (χ1v) is 11.7. The molecule has 0 spiro atoms. The van der Waals surface area contributed by atoms with E-state index in [1.807, 2.05) is 4.57 Å². The number of alkyl halides is 3. The topological polar surface area (TPSA) is 52.7 Å². The summed E-state index contributed by atoms with van der Waals surface area (Å²) in [6.07, 6.45) is -0.0990. The van der Waals surface area contributed by atoms with Crippen molar-refractivity contribution in [2.45, 2.75) is 36.6 Å². The Balaban J connectivity index is 1.46. The Labute approximate surface area is 196 Å². The third-order valence-electron chi connectivity index (χ3n) is 5.49. The van der Waals surface area contributed by atoms with Gasteiger partial charge in [-0.25, -0.2) is 9.97 Å². The normalized spacial score (nSPS) is 14.2. The highest BCUT2D eigenvalue weighted by Gasteiger charge is 2.30.